The predicted octanol–water partition coefficient (Wildman–Crippen LogP) is 0.905. The Kier molecular flexibility index (Phi) is 4.10. The molecule has 2 aliphatic rings. The number of hydrogen-bond donors (Lipinski definition) is 2. The average molecular weight is 287 g/mol. The number of nitrogens with one attached hydrogen (secondary N) is 2. The maximum atomic E-state index is 12.1. The van der Waals surface area contributed by atoms with Crippen molar-refractivity contribution in [3.05, 3.63) is 11.7 Å². The van der Waals surface area contributed by atoms with Gasteiger partial charge in [-0.2, -0.15) is 4.98 Å². The van der Waals surface area contributed by atoms with Gasteiger partial charge in [0.05, 0.1) is 5.92 Å². The van der Waals surface area contributed by atoms with Crippen LogP contribution in [0.3, 0.4) is 0 Å². The van der Waals surface area contributed by atoms with Crippen LogP contribution in [0.1, 0.15) is 37.4 Å². The van der Waals surface area contributed by atoms with Crippen molar-refractivity contribution in [1.29, 1.82) is 0 Å². The molecule has 7 heteroatoms. The van der Waals surface area contributed by atoms with Crippen LogP contribution in [-0.4, -0.2) is 29.1 Å². The lowest BCUT2D eigenvalue weighted by molar-refractivity contribution is -0.128. The van der Waals surface area contributed by atoms with Gasteiger partial charge in [-0.15, -0.1) is 12.4 Å². The highest BCUT2D eigenvalue weighted by Crippen LogP contribution is 2.37. The number of aryl methyl sites for hydroxylation is 1. The topological polar surface area (TPSA) is 80.0 Å². The third kappa shape index (κ3) is 2.60. The maximum absolute atomic E-state index is 12.1. The first kappa shape index (κ1) is 14.3. The summed E-state index contributed by atoms with van der Waals surface area (Å²) < 4.78 is 5.06. The highest BCUT2D eigenvalue weighted by atomic mass is 35.5. The van der Waals surface area contributed by atoms with Gasteiger partial charge in [0, 0.05) is 20.0 Å². The van der Waals surface area contributed by atoms with Crippen molar-refractivity contribution >= 4 is 18.3 Å². The first-order chi connectivity index (χ1) is 8.70. The number of nitrogens with zero attached hydrogens (tertiary/aromatic N) is 2. The van der Waals surface area contributed by atoms with Crippen LogP contribution >= 0.6 is 12.4 Å². The van der Waals surface area contributed by atoms with E-state index >= 15 is 0 Å². The van der Waals surface area contributed by atoms with Crippen molar-refractivity contribution in [2.75, 3.05) is 13.1 Å². The van der Waals surface area contributed by atoms with E-state index in [9.17, 15) is 4.79 Å². The van der Waals surface area contributed by atoms with Crippen LogP contribution in [0.2, 0.25) is 0 Å². The van der Waals surface area contributed by atoms with Gasteiger partial charge in [0.15, 0.2) is 5.82 Å². The van der Waals surface area contributed by atoms with E-state index in [-0.39, 0.29) is 24.2 Å². The molecule has 1 aliphatic carbocycles. The fraction of sp³-hybridized carbons (Fsp3) is 0.750. The minimum atomic E-state index is -0.398. The molecule has 2 heterocycles. The van der Waals surface area contributed by atoms with Crippen LogP contribution in [0.5, 0.6) is 0 Å². The highest BCUT2D eigenvalue weighted by molar-refractivity contribution is 5.85. The van der Waals surface area contributed by atoms with E-state index in [1.807, 2.05) is 0 Å². The Morgan fingerprint density at radius 3 is 2.58 bits per heavy atom. The van der Waals surface area contributed by atoms with Crippen molar-refractivity contribution in [3.8, 4) is 0 Å². The van der Waals surface area contributed by atoms with Crippen LogP contribution < -0.4 is 10.6 Å². The van der Waals surface area contributed by atoms with Gasteiger partial charge in [-0.1, -0.05) is 18.0 Å². The molecule has 0 atom stereocenters. The van der Waals surface area contributed by atoms with E-state index in [1.54, 1.807) is 6.92 Å². The summed E-state index contributed by atoms with van der Waals surface area (Å²) in [7, 11) is 0. The number of carbonyl (C=O) groups excluding carboxylic acids is 1. The highest BCUT2D eigenvalue weighted by Gasteiger charge is 2.42. The van der Waals surface area contributed by atoms with Crippen molar-refractivity contribution in [2.24, 2.45) is 5.92 Å². The quantitative estimate of drug-likeness (QED) is 0.863. The van der Waals surface area contributed by atoms with Crippen LogP contribution in [0.4, 0.5) is 0 Å². The smallest absolute Gasteiger partial charge is 0.226 e. The Labute approximate surface area is 118 Å². The molecule has 0 bridgehead atoms. The summed E-state index contributed by atoms with van der Waals surface area (Å²) in [5.74, 6) is 1.39. The number of rotatable bonds is 3. The number of aromatic nitrogens is 2. The van der Waals surface area contributed by atoms with Gasteiger partial charge in [0.1, 0.15) is 5.54 Å². The van der Waals surface area contributed by atoms with Gasteiger partial charge in [-0.3, -0.25) is 4.79 Å². The van der Waals surface area contributed by atoms with Crippen LogP contribution in [0.25, 0.3) is 0 Å². The minimum absolute atomic E-state index is 0. The zero-order valence-corrected chi connectivity index (χ0v) is 11.8. The molecule has 1 aliphatic heterocycles. The Hall–Kier alpha value is -1.14. The average Bonchev–Trinajstić information content (AvgIpc) is 2.85. The van der Waals surface area contributed by atoms with Gasteiger partial charge < -0.3 is 15.2 Å². The van der Waals surface area contributed by atoms with Crippen LogP contribution in [0, 0.1) is 12.8 Å². The summed E-state index contributed by atoms with van der Waals surface area (Å²) >= 11 is 0. The van der Waals surface area contributed by atoms with E-state index in [0.717, 1.165) is 38.8 Å². The van der Waals surface area contributed by atoms with Crippen molar-refractivity contribution in [3.63, 3.8) is 0 Å². The summed E-state index contributed by atoms with van der Waals surface area (Å²) in [5.41, 5.74) is -0.398. The lowest BCUT2D eigenvalue weighted by Gasteiger charge is -2.32. The molecule has 0 radical (unpaired) electrons. The Balaban J connectivity index is 0.00000133. The van der Waals surface area contributed by atoms with E-state index in [1.165, 1.54) is 0 Å². The predicted molar refractivity (Wildman–Crippen MR) is 70.9 cm³/mol. The largest absolute Gasteiger partial charge is 0.343 e. The normalized spacial score (nSPS) is 21.5. The van der Waals surface area contributed by atoms with Crippen LogP contribution in [0.15, 0.2) is 4.52 Å². The Morgan fingerprint density at radius 2 is 2.11 bits per heavy atom. The van der Waals surface area contributed by atoms with Crippen molar-refractivity contribution in [2.45, 2.75) is 38.1 Å². The first-order valence-electron chi connectivity index (χ1n) is 6.53. The summed E-state index contributed by atoms with van der Waals surface area (Å²) in [6, 6.07) is 0. The van der Waals surface area contributed by atoms with Gasteiger partial charge >= 0.3 is 0 Å². The van der Waals surface area contributed by atoms with E-state index in [2.05, 4.69) is 20.8 Å². The molecule has 6 nitrogen and oxygen atoms in total. The van der Waals surface area contributed by atoms with Crippen molar-refractivity contribution in [1.82, 2.24) is 20.8 Å². The zero-order chi connectivity index (χ0) is 12.6. The maximum Gasteiger partial charge on any atom is 0.226 e. The standard InChI is InChI=1S/C12H18N4O2.ClH/c1-8-14-11(16-18-8)12(4-2-3-5-12)15-10(17)9-6-13-7-9;/h9,13H,2-7H2,1H3,(H,15,17);1H. The molecule has 2 N–H and O–H groups in total. The molecule has 3 rings (SSSR count). The molecule has 106 valence electrons. The van der Waals surface area contributed by atoms with E-state index in [0.29, 0.717) is 11.7 Å². The van der Waals surface area contributed by atoms with Gasteiger partial charge in [-0.25, -0.2) is 0 Å². The molecular formula is C12H19ClN4O2. The van der Waals surface area contributed by atoms with Gasteiger partial charge in [0.25, 0.3) is 0 Å². The Morgan fingerprint density at radius 1 is 1.42 bits per heavy atom. The second-order valence-corrected chi connectivity index (χ2v) is 5.27. The third-order valence-corrected chi connectivity index (χ3v) is 3.93. The number of amides is 1. The second kappa shape index (κ2) is 5.46. The molecule has 1 saturated heterocycles. The zero-order valence-electron chi connectivity index (χ0n) is 10.9. The second-order valence-electron chi connectivity index (χ2n) is 5.27. The fourth-order valence-electron chi connectivity index (χ4n) is 2.69. The summed E-state index contributed by atoms with van der Waals surface area (Å²) in [4.78, 5) is 16.4. The molecule has 1 aromatic rings. The fourth-order valence-corrected chi connectivity index (χ4v) is 2.69. The molecule has 0 aromatic carbocycles. The number of carbonyl (C=O) groups is 1. The lowest BCUT2D eigenvalue weighted by Crippen LogP contribution is -2.55. The SMILES string of the molecule is Cc1nc(C2(NC(=O)C3CNC3)CCCC2)no1.Cl. The molecule has 1 saturated carbocycles. The van der Waals surface area contributed by atoms with Gasteiger partial charge in [0.2, 0.25) is 11.8 Å². The monoisotopic (exact) mass is 286 g/mol. The molecule has 2 fully saturated rings. The molecule has 1 aromatic heterocycles. The molecule has 19 heavy (non-hydrogen) atoms. The number of halogens is 1. The van der Waals surface area contributed by atoms with Gasteiger partial charge in [-0.05, 0) is 12.8 Å². The van der Waals surface area contributed by atoms with E-state index in [4.69, 9.17) is 4.52 Å². The lowest BCUT2D eigenvalue weighted by atomic mass is 9.93. The first-order valence-corrected chi connectivity index (χ1v) is 6.53. The molecule has 1 amide bonds. The Bertz CT molecular complexity index is 452. The van der Waals surface area contributed by atoms with E-state index < -0.39 is 5.54 Å². The molecule has 0 unspecified atom stereocenters. The number of hydrogen-bond acceptors (Lipinski definition) is 5. The third-order valence-electron chi connectivity index (χ3n) is 3.93. The van der Waals surface area contributed by atoms with Crippen LogP contribution in [-0.2, 0) is 10.3 Å². The minimum Gasteiger partial charge on any atom is -0.343 e. The molecular weight excluding hydrogens is 268 g/mol. The summed E-state index contributed by atoms with van der Waals surface area (Å²) in [6.45, 7) is 3.32. The van der Waals surface area contributed by atoms with Crippen molar-refractivity contribution < 1.29 is 9.32 Å². The summed E-state index contributed by atoms with van der Waals surface area (Å²) in [5, 5.41) is 10.3. The molecule has 0 spiro atoms. The summed E-state index contributed by atoms with van der Waals surface area (Å²) in [6.07, 6.45) is 3.99.